The number of hydrogen-bond acceptors (Lipinski definition) is 3. The first-order valence-corrected chi connectivity index (χ1v) is 5.56. The summed E-state index contributed by atoms with van der Waals surface area (Å²) < 4.78 is 5.13. The molecule has 0 saturated heterocycles. The van der Waals surface area contributed by atoms with Gasteiger partial charge >= 0.3 is 6.09 Å². The van der Waals surface area contributed by atoms with Gasteiger partial charge < -0.3 is 9.84 Å². The molecule has 1 amide bonds. The van der Waals surface area contributed by atoms with E-state index in [1.165, 1.54) is 0 Å². The summed E-state index contributed by atoms with van der Waals surface area (Å²) in [6, 6.07) is 7.03. The number of aliphatic hydroxyl groups is 1. The Morgan fingerprint density at radius 1 is 1.41 bits per heavy atom. The number of aliphatic hydroxyl groups excluding tert-OH is 1. The molecule has 0 heterocycles. The van der Waals surface area contributed by atoms with Crippen molar-refractivity contribution in [1.29, 1.82) is 0 Å². The molecule has 1 rings (SSSR count). The standard InChI is InChI=1S/C13H19NO3/c1-9(15)10-6-5-7-11(8-10)14-12(16)17-13(2,3)4/h5-9,15H,1-4H3,(H,14,16)/t9-/m1/s1. The van der Waals surface area contributed by atoms with Crippen molar-refractivity contribution in [2.75, 3.05) is 5.32 Å². The summed E-state index contributed by atoms with van der Waals surface area (Å²) in [5.41, 5.74) is 0.836. The second-order valence-corrected chi connectivity index (χ2v) is 4.93. The fraction of sp³-hybridized carbons (Fsp3) is 0.462. The fourth-order valence-corrected chi connectivity index (χ4v) is 1.30. The number of carbonyl (C=O) groups is 1. The third-order valence-electron chi connectivity index (χ3n) is 2.01. The molecule has 0 bridgehead atoms. The van der Waals surface area contributed by atoms with Crippen LogP contribution in [0, 0.1) is 0 Å². The number of ether oxygens (including phenoxy) is 1. The van der Waals surface area contributed by atoms with Gasteiger partial charge in [-0.25, -0.2) is 4.79 Å². The number of rotatable bonds is 2. The maximum Gasteiger partial charge on any atom is 0.412 e. The van der Waals surface area contributed by atoms with E-state index < -0.39 is 17.8 Å². The van der Waals surface area contributed by atoms with Crippen LogP contribution in [-0.4, -0.2) is 16.8 Å². The molecule has 0 saturated carbocycles. The lowest BCUT2D eigenvalue weighted by Gasteiger charge is -2.19. The van der Waals surface area contributed by atoms with Crippen LogP contribution in [0.3, 0.4) is 0 Å². The van der Waals surface area contributed by atoms with Crippen LogP contribution in [0.5, 0.6) is 0 Å². The predicted octanol–water partition coefficient (Wildman–Crippen LogP) is 3.09. The Balaban J connectivity index is 2.69. The lowest BCUT2D eigenvalue weighted by Crippen LogP contribution is -2.27. The van der Waals surface area contributed by atoms with Crippen molar-refractivity contribution in [1.82, 2.24) is 0 Å². The number of amides is 1. The van der Waals surface area contributed by atoms with Gasteiger partial charge in [0.2, 0.25) is 0 Å². The summed E-state index contributed by atoms with van der Waals surface area (Å²) >= 11 is 0. The average molecular weight is 237 g/mol. The first-order chi connectivity index (χ1) is 7.78. The Kier molecular flexibility index (Phi) is 4.12. The molecule has 0 aliphatic rings. The number of benzene rings is 1. The number of anilines is 1. The van der Waals surface area contributed by atoms with Crippen molar-refractivity contribution in [3.8, 4) is 0 Å². The number of carbonyl (C=O) groups excluding carboxylic acids is 1. The first kappa shape index (κ1) is 13.5. The third-order valence-corrected chi connectivity index (χ3v) is 2.01. The zero-order chi connectivity index (χ0) is 13.1. The molecule has 1 aromatic rings. The molecule has 2 N–H and O–H groups in total. The van der Waals surface area contributed by atoms with Gasteiger partial charge in [0.25, 0.3) is 0 Å². The van der Waals surface area contributed by atoms with E-state index in [0.717, 1.165) is 5.56 Å². The first-order valence-electron chi connectivity index (χ1n) is 5.56. The smallest absolute Gasteiger partial charge is 0.412 e. The van der Waals surface area contributed by atoms with E-state index in [1.807, 2.05) is 0 Å². The molecule has 0 fully saturated rings. The monoisotopic (exact) mass is 237 g/mol. The Labute approximate surface area is 102 Å². The van der Waals surface area contributed by atoms with E-state index in [2.05, 4.69) is 5.32 Å². The van der Waals surface area contributed by atoms with E-state index in [9.17, 15) is 9.90 Å². The minimum atomic E-state index is -0.560. The highest BCUT2D eigenvalue weighted by atomic mass is 16.6. The summed E-state index contributed by atoms with van der Waals surface area (Å²) in [5, 5.41) is 12.0. The molecule has 1 atom stereocenters. The van der Waals surface area contributed by atoms with Gasteiger partial charge in [0, 0.05) is 5.69 Å². The Bertz CT molecular complexity index is 394. The van der Waals surface area contributed by atoms with Crippen molar-refractivity contribution in [3.63, 3.8) is 0 Å². The molecule has 4 nitrogen and oxygen atoms in total. The van der Waals surface area contributed by atoms with Gasteiger partial charge in [-0.3, -0.25) is 5.32 Å². The topological polar surface area (TPSA) is 58.6 Å². The van der Waals surface area contributed by atoms with Crippen LogP contribution in [0.4, 0.5) is 10.5 Å². The highest BCUT2D eigenvalue weighted by molar-refractivity contribution is 5.84. The van der Waals surface area contributed by atoms with Crippen LogP contribution in [0.15, 0.2) is 24.3 Å². The SMILES string of the molecule is C[C@@H](O)c1cccc(NC(=O)OC(C)(C)C)c1. The van der Waals surface area contributed by atoms with E-state index in [-0.39, 0.29) is 0 Å². The van der Waals surface area contributed by atoms with Crippen LogP contribution < -0.4 is 5.32 Å². The van der Waals surface area contributed by atoms with Crippen LogP contribution in [0.1, 0.15) is 39.4 Å². The molecular weight excluding hydrogens is 218 g/mol. The van der Waals surface area contributed by atoms with Gasteiger partial charge in [-0.05, 0) is 45.4 Å². The van der Waals surface area contributed by atoms with Crippen molar-refractivity contribution < 1.29 is 14.6 Å². The van der Waals surface area contributed by atoms with Crippen molar-refractivity contribution >= 4 is 11.8 Å². The van der Waals surface area contributed by atoms with Gasteiger partial charge in [-0.2, -0.15) is 0 Å². The predicted molar refractivity (Wildman–Crippen MR) is 66.9 cm³/mol. The van der Waals surface area contributed by atoms with Crippen LogP contribution in [-0.2, 0) is 4.74 Å². The summed E-state index contributed by atoms with van der Waals surface area (Å²) in [6.45, 7) is 7.09. The minimum Gasteiger partial charge on any atom is -0.444 e. The molecule has 4 heteroatoms. The van der Waals surface area contributed by atoms with Gasteiger partial charge in [-0.15, -0.1) is 0 Å². The Hall–Kier alpha value is -1.55. The van der Waals surface area contributed by atoms with Crippen molar-refractivity contribution in [3.05, 3.63) is 29.8 Å². The molecule has 0 aliphatic heterocycles. The van der Waals surface area contributed by atoms with Gasteiger partial charge in [0.1, 0.15) is 5.60 Å². The summed E-state index contributed by atoms with van der Waals surface area (Å²) in [7, 11) is 0. The number of nitrogens with one attached hydrogen (secondary N) is 1. The van der Waals surface area contributed by atoms with E-state index in [0.29, 0.717) is 5.69 Å². The van der Waals surface area contributed by atoms with E-state index in [1.54, 1.807) is 52.0 Å². The quantitative estimate of drug-likeness (QED) is 0.831. The molecule has 17 heavy (non-hydrogen) atoms. The molecule has 94 valence electrons. The van der Waals surface area contributed by atoms with Crippen LogP contribution in [0.2, 0.25) is 0 Å². The Morgan fingerprint density at radius 3 is 2.59 bits per heavy atom. The van der Waals surface area contributed by atoms with Gasteiger partial charge in [-0.1, -0.05) is 12.1 Å². The highest BCUT2D eigenvalue weighted by Gasteiger charge is 2.16. The van der Waals surface area contributed by atoms with E-state index >= 15 is 0 Å². The maximum atomic E-state index is 11.5. The second kappa shape index (κ2) is 5.19. The minimum absolute atomic E-state index is 0.500. The molecular formula is C13H19NO3. The summed E-state index contributed by atoms with van der Waals surface area (Å²) in [4.78, 5) is 11.5. The van der Waals surface area contributed by atoms with Crippen molar-refractivity contribution in [2.24, 2.45) is 0 Å². The molecule has 0 radical (unpaired) electrons. The van der Waals surface area contributed by atoms with Gasteiger partial charge in [0.15, 0.2) is 0 Å². The largest absolute Gasteiger partial charge is 0.444 e. The molecule has 0 spiro atoms. The van der Waals surface area contributed by atoms with Gasteiger partial charge in [0.05, 0.1) is 6.10 Å². The maximum absolute atomic E-state index is 11.5. The zero-order valence-corrected chi connectivity index (χ0v) is 10.7. The van der Waals surface area contributed by atoms with Crippen molar-refractivity contribution in [2.45, 2.75) is 39.4 Å². The molecule has 1 aromatic carbocycles. The number of hydrogen-bond donors (Lipinski definition) is 2. The second-order valence-electron chi connectivity index (χ2n) is 4.93. The fourth-order valence-electron chi connectivity index (χ4n) is 1.30. The highest BCUT2D eigenvalue weighted by Crippen LogP contribution is 2.17. The van der Waals surface area contributed by atoms with Crippen LogP contribution in [0.25, 0.3) is 0 Å². The third kappa shape index (κ3) is 4.87. The Morgan fingerprint density at radius 2 is 2.06 bits per heavy atom. The molecule has 0 unspecified atom stereocenters. The van der Waals surface area contributed by atoms with E-state index in [4.69, 9.17) is 4.74 Å². The summed E-state index contributed by atoms with van der Waals surface area (Å²) in [6.07, 6.45) is -1.06. The molecule has 0 aliphatic carbocycles. The summed E-state index contributed by atoms with van der Waals surface area (Å²) in [5.74, 6) is 0. The molecule has 0 aromatic heterocycles. The zero-order valence-electron chi connectivity index (χ0n) is 10.7. The normalized spacial score (nSPS) is 13.0. The lowest BCUT2D eigenvalue weighted by molar-refractivity contribution is 0.0636. The van der Waals surface area contributed by atoms with Crippen LogP contribution >= 0.6 is 0 Å². The average Bonchev–Trinajstić information content (AvgIpc) is 2.14. The lowest BCUT2D eigenvalue weighted by atomic mass is 10.1.